The van der Waals surface area contributed by atoms with E-state index in [0.29, 0.717) is 5.88 Å². The summed E-state index contributed by atoms with van der Waals surface area (Å²) in [7, 11) is 0. The Morgan fingerprint density at radius 2 is 2.43 bits per heavy atom. The summed E-state index contributed by atoms with van der Waals surface area (Å²) in [5.74, 6) is 1.18. The molecule has 2 heterocycles. The Kier molecular flexibility index (Phi) is 2.79. The predicted octanol–water partition coefficient (Wildman–Crippen LogP) is 1.83. The van der Waals surface area contributed by atoms with Crippen molar-refractivity contribution in [2.45, 2.75) is 19.3 Å². The Morgan fingerprint density at radius 3 is 3.07 bits per heavy atom. The molecule has 6 heteroatoms. The molecule has 2 aromatic heterocycles. The van der Waals surface area contributed by atoms with E-state index >= 15 is 0 Å². The fraction of sp³-hybridized carbons (Fsp3) is 0.375. The van der Waals surface area contributed by atoms with Gasteiger partial charge in [-0.1, -0.05) is 0 Å². The highest BCUT2D eigenvalue weighted by molar-refractivity contribution is 7.09. The summed E-state index contributed by atoms with van der Waals surface area (Å²) in [6, 6.07) is 0. The van der Waals surface area contributed by atoms with Crippen LogP contribution in [0.3, 0.4) is 0 Å². The fourth-order valence-corrected chi connectivity index (χ4v) is 2.13. The summed E-state index contributed by atoms with van der Waals surface area (Å²) in [5, 5.41) is 7.73. The predicted molar refractivity (Wildman–Crippen MR) is 55.5 cm³/mol. The average molecular weight is 229 g/mol. The molecule has 0 spiro atoms. The van der Waals surface area contributed by atoms with E-state index in [1.165, 1.54) is 4.88 Å². The first-order chi connectivity index (χ1) is 6.81. The molecule has 0 N–H and O–H groups in total. The molecule has 0 saturated carbocycles. The van der Waals surface area contributed by atoms with E-state index in [2.05, 4.69) is 15.2 Å². The topological polar surface area (TPSA) is 43.6 Å². The molecule has 0 aliphatic rings. The van der Waals surface area contributed by atoms with Crippen LogP contribution in [0.5, 0.6) is 0 Å². The zero-order valence-corrected chi connectivity index (χ0v) is 9.22. The molecule has 2 aromatic rings. The van der Waals surface area contributed by atoms with Crippen molar-refractivity contribution in [2.24, 2.45) is 0 Å². The third-order valence-corrected chi connectivity index (χ3v) is 3.13. The molecule has 0 unspecified atom stereocenters. The van der Waals surface area contributed by atoms with Gasteiger partial charge in [0.15, 0.2) is 0 Å². The Hall–Kier alpha value is -0.940. The fourth-order valence-electron chi connectivity index (χ4n) is 1.15. The van der Waals surface area contributed by atoms with Gasteiger partial charge in [0.05, 0.1) is 23.6 Å². The highest BCUT2D eigenvalue weighted by Gasteiger charge is 2.06. The van der Waals surface area contributed by atoms with Gasteiger partial charge in [-0.2, -0.15) is 0 Å². The second-order valence-electron chi connectivity index (χ2n) is 2.87. The maximum Gasteiger partial charge on any atom is 0.148 e. The molecule has 0 radical (unpaired) electrons. The maximum absolute atomic E-state index is 5.72. The van der Waals surface area contributed by atoms with Crippen molar-refractivity contribution in [3.05, 3.63) is 28.2 Å². The molecule has 14 heavy (non-hydrogen) atoms. The Labute approximate surface area is 90.6 Å². The number of hydrogen-bond acceptors (Lipinski definition) is 4. The highest BCUT2D eigenvalue weighted by Crippen LogP contribution is 2.14. The lowest BCUT2D eigenvalue weighted by atomic mass is 10.4. The highest BCUT2D eigenvalue weighted by atomic mass is 35.5. The molecule has 74 valence electrons. The molecule has 4 nitrogen and oxygen atoms in total. The molecular weight excluding hydrogens is 220 g/mol. The van der Waals surface area contributed by atoms with E-state index in [0.717, 1.165) is 18.1 Å². The molecule has 0 saturated heterocycles. The van der Waals surface area contributed by atoms with Crippen LogP contribution in [0.1, 0.15) is 16.4 Å². The van der Waals surface area contributed by atoms with Crippen molar-refractivity contribution in [3.8, 4) is 0 Å². The summed E-state index contributed by atoms with van der Waals surface area (Å²) >= 11 is 7.35. The van der Waals surface area contributed by atoms with E-state index in [9.17, 15) is 0 Å². The lowest BCUT2D eigenvalue weighted by molar-refractivity contribution is 0.759. The molecule has 0 bridgehead atoms. The third kappa shape index (κ3) is 1.78. The Morgan fingerprint density at radius 1 is 1.57 bits per heavy atom. The van der Waals surface area contributed by atoms with Gasteiger partial charge in [0.1, 0.15) is 12.2 Å². The van der Waals surface area contributed by atoms with Crippen LogP contribution in [0.25, 0.3) is 0 Å². The lowest BCUT2D eigenvalue weighted by Crippen LogP contribution is -2.02. The summed E-state index contributed by atoms with van der Waals surface area (Å²) in [6.07, 6.45) is 1.69. The van der Waals surface area contributed by atoms with Crippen LogP contribution in [-0.2, 0) is 12.4 Å². The van der Waals surface area contributed by atoms with Gasteiger partial charge < -0.3 is 4.57 Å². The monoisotopic (exact) mass is 228 g/mol. The summed E-state index contributed by atoms with van der Waals surface area (Å²) in [6.45, 7) is 2.75. The van der Waals surface area contributed by atoms with Crippen LogP contribution >= 0.6 is 22.9 Å². The van der Waals surface area contributed by atoms with E-state index in [-0.39, 0.29) is 0 Å². The van der Waals surface area contributed by atoms with Crippen LogP contribution in [0.4, 0.5) is 0 Å². The molecule has 0 atom stereocenters. The van der Waals surface area contributed by atoms with Gasteiger partial charge in [-0.05, 0) is 6.92 Å². The molecule has 0 aromatic carbocycles. The van der Waals surface area contributed by atoms with E-state index in [4.69, 9.17) is 11.6 Å². The maximum atomic E-state index is 5.72. The minimum atomic E-state index is 0.387. The zero-order chi connectivity index (χ0) is 9.97. The minimum absolute atomic E-state index is 0.387. The van der Waals surface area contributed by atoms with Gasteiger partial charge >= 0.3 is 0 Å². The number of nitrogens with zero attached hydrogens (tertiary/aromatic N) is 4. The van der Waals surface area contributed by atoms with Crippen molar-refractivity contribution in [1.82, 2.24) is 19.7 Å². The van der Waals surface area contributed by atoms with Crippen LogP contribution in [0.2, 0.25) is 0 Å². The Balaban J connectivity index is 2.22. The zero-order valence-electron chi connectivity index (χ0n) is 7.64. The first-order valence-corrected chi connectivity index (χ1v) is 5.54. The molecular formula is C8H9ClN4S. The number of hydrogen-bond donors (Lipinski definition) is 0. The van der Waals surface area contributed by atoms with Crippen LogP contribution < -0.4 is 0 Å². The summed E-state index contributed by atoms with van der Waals surface area (Å²) < 4.78 is 1.94. The van der Waals surface area contributed by atoms with Crippen molar-refractivity contribution < 1.29 is 0 Å². The average Bonchev–Trinajstić information content (AvgIpc) is 2.77. The number of alkyl halides is 1. The number of aromatic nitrogens is 4. The van der Waals surface area contributed by atoms with E-state index in [1.807, 2.05) is 17.0 Å². The van der Waals surface area contributed by atoms with Crippen molar-refractivity contribution in [3.63, 3.8) is 0 Å². The second-order valence-corrected chi connectivity index (χ2v) is 4.08. The minimum Gasteiger partial charge on any atom is -0.311 e. The van der Waals surface area contributed by atoms with Gasteiger partial charge in [-0.25, -0.2) is 4.98 Å². The third-order valence-electron chi connectivity index (χ3n) is 1.97. The van der Waals surface area contributed by atoms with Gasteiger partial charge in [0.2, 0.25) is 0 Å². The van der Waals surface area contributed by atoms with Crippen molar-refractivity contribution >= 4 is 22.9 Å². The SMILES string of the molecule is Cc1ncsc1Cn1cnnc1CCl. The summed E-state index contributed by atoms with van der Waals surface area (Å²) in [5.41, 5.74) is 2.90. The summed E-state index contributed by atoms with van der Waals surface area (Å²) in [4.78, 5) is 5.40. The first kappa shape index (κ1) is 9.61. The molecule has 0 amide bonds. The van der Waals surface area contributed by atoms with Gasteiger partial charge in [0, 0.05) is 4.88 Å². The number of halogens is 1. The number of rotatable bonds is 3. The molecule has 0 fully saturated rings. The van der Waals surface area contributed by atoms with Gasteiger partial charge in [0.25, 0.3) is 0 Å². The first-order valence-electron chi connectivity index (χ1n) is 4.13. The second kappa shape index (κ2) is 4.06. The largest absolute Gasteiger partial charge is 0.311 e. The standard InChI is InChI=1S/C8H9ClN4S/c1-6-7(14-5-10-6)3-13-4-11-12-8(13)2-9/h4-5H,2-3H2,1H3. The van der Waals surface area contributed by atoms with Crippen LogP contribution in [-0.4, -0.2) is 19.7 Å². The van der Waals surface area contributed by atoms with Crippen molar-refractivity contribution in [2.75, 3.05) is 0 Å². The van der Waals surface area contributed by atoms with Crippen LogP contribution in [0.15, 0.2) is 11.8 Å². The smallest absolute Gasteiger partial charge is 0.148 e. The van der Waals surface area contributed by atoms with Gasteiger partial charge in [-0.3, -0.25) is 0 Å². The van der Waals surface area contributed by atoms with Gasteiger partial charge in [-0.15, -0.1) is 33.1 Å². The van der Waals surface area contributed by atoms with E-state index in [1.54, 1.807) is 17.7 Å². The number of aryl methyl sites for hydroxylation is 1. The Bertz CT molecular complexity index is 422. The van der Waals surface area contributed by atoms with E-state index < -0.39 is 0 Å². The number of thiazole rings is 1. The normalized spacial score (nSPS) is 10.7. The molecule has 0 aliphatic carbocycles. The van der Waals surface area contributed by atoms with Crippen molar-refractivity contribution in [1.29, 1.82) is 0 Å². The lowest BCUT2D eigenvalue weighted by Gasteiger charge is -2.02. The molecule has 2 rings (SSSR count). The quantitative estimate of drug-likeness (QED) is 0.753. The van der Waals surface area contributed by atoms with Crippen LogP contribution in [0, 0.1) is 6.92 Å². The molecule has 0 aliphatic heterocycles.